The molecule has 0 spiro atoms. The molecule has 0 radical (unpaired) electrons. The van der Waals surface area contributed by atoms with Crippen molar-refractivity contribution in [1.82, 2.24) is 5.32 Å². The number of amides is 1. The van der Waals surface area contributed by atoms with Crippen LogP contribution in [0.5, 0.6) is 0 Å². The molecule has 3 N–H and O–H groups in total. The van der Waals surface area contributed by atoms with Crippen molar-refractivity contribution in [2.45, 2.75) is 44.1 Å². The van der Waals surface area contributed by atoms with Crippen molar-refractivity contribution >= 4 is 11.9 Å². The summed E-state index contributed by atoms with van der Waals surface area (Å²) in [5.74, 6) is 0.204. The van der Waals surface area contributed by atoms with Gasteiger partial charge < -0.3 is 15.8 Å². The lowest BCUT2D eigenvalue weighted by molar-refractivity contribution is -0.142. The fraction of sp³-hybridized carbons (Fsp3) is 0.600. The van der Waals surface area contributed by atoms with E-state index < -0.39 is 5.92 Å². The van der Waals surface area contributed by atoms with Crippen molar-refractivity contribution < 1.29 is 14.3 Å². The molecular weight excluding hydrogens is 316 g/mol. The molecule has 136 valence electrons. The van der Waals surface area contributed by atoms with Crippen LogP contribution in [0.4, 0.5) is 0 Å². The van der Waals surface area contributed by atoms with E-state index in [0.717, 1.165) is 31.2 Å². The third-order valence-corrected chi connectivity index (χ3v) is 5.95. The summed E-state index contributed by atoms with van der Waals surface area (Å²) in [6.07, 6.45) is 5.25. The third kappa shape index (κ3) is 4.03. The zero-order valence-corrected chi connectivity index (χ0v) is 14.8. The number of nitrogens with two attached hydrogens (primary N) is 1. The maximum Gasteiger partial charge on any atom is 0.314 e. The van der Waals surface area contributed by atoms with E-state index in [9.17, 15) is 9.59 Å². The van der Waals surface area contributed by atoms with Gasteiger partial charge in [0.15, 0.2) is 0 Å². The summed E-state index contributed by atoms with van der Waals surface area (Å²) in [6.45, 7) is 0.271. The van der Waals surface area contributed by atoms with Gasteiger partial charge in [0, 0.05) is 18.5 Å². The highest BCUT2D eigenvalue weighted by Crippen LogP contribution is 2.41. The van der Waals surface area contributed by atoms with E-state index in [1.807, 2.05) is 30.3 Å². The molecule has 0 aliphatic heterocycles. The smallest absolute Gasteiger partial charge is 0.314 e. The minimum Gasteiger partial charge on any atom is -0.468 e. The summed E-state index contributed by atoms with van der Waals surface area (Å²) >= 11 is 0. The zero-order chi connectivity index (χ0) is 17.8. The van der Waals surface area contributed by atoms with Gasteiger partial charge in [-0.2, -0.15) is 0 Å². The van der Waals surface area contributed by atoms with Crippen LogP contribution in [0.25, 0.3) is 0 Å². The van der Waals surface area contributed by atoms with E-state index in [-0.39, 0.29) is 30.4 Å². The summed E-state index contributed by atoms with van der Waals surface area (Å²) in [7, 11) is 1.38. The lowest BCUT2D eigenvalue weighted by atomic mass is 9.65. The molecule has 2 aliphatic carbocycles. The Kier molecular flexibility index (Phi) is 5.74. The first kappa shape index (κ1) is 17.9. The molecule has 5 nitrogen and oxygen atoms in total. The first-order valence-corrected chi connectivity index (χ1v) is 9.26. The van der Waals surface area contributed by atoms with Crippen LogP contribution in [0.15, 0.2) is 30.3 Å². The molecule has 2 fully saturated rings. The lowest BCUT2D eigenvalue weighted by Gasteiger charge is -2.43. The van der Waals surface area contributed by atoms with Gasteiger partial charge in [-0.3, -0.25) is 9.59 Å². The van der Waals surface area contributed by atoms with Gasteiger partial charge in [-0.05, 0) is 43.1 Å². The number of esters is 1. The SMILES string of the molecule is COC(=O)C(CNC(=O)C1CC2CCCC(C1)C2N)c1ccccc1. The van der Waals surface area contributed by atoms with Gasteiger partial charge in [0.05, 0.1) is 13.0 Å². The Balaban J connectivity index is 1.61. The molecule has 3 atom stereocenters. The van der Waals surface area contributed by atoms with E-state index in [1.165, 1.54) is 13.5 Å². The Morgan fingerprint density at radius 1 is 1.20 bits per heavy atom. The molecule has 1 aromatic carbocycles. The highest BCUT2D eigenvalue weighted by molar-refractivity contribution is 5.82. The molecule has 0 saturated heterocycles. The second-order valence-electron chi connectivity index (χ2n) is 7.43. The van der Waals surface area contributed by atoms with Gasteiger partial charge in [-0.25, -0.2) is 0 Å². The molecule has 1 amide bonds. The second-order valence-corrected chi connectivity index (χ2v) is 7.43. The highest BCUT2D eigenvalue weighted by Gasteiger charge is 2.40. The highest BCUT2D eigenvalue weighted by atomic mass is 16.5. The minimum atomic E-state index is -0.472. The quantitative estimate of drug-likeness (QED) is 0.803. The van der Waals surface area contributed by atoms with Gasteiger partial charge in [-0.1, -0.05) is 36.8 Å². The van der Waals surface area contributed by atoms with E-state index in [1.54, 1.807) is 0 Å². The number of methoxy groups -OCH3 is 1. The molecule has 2 aliphatic rings. The van der Waals surface area contributed by atoms with Crippen LogP contribution in [-0.4, -0.2) is 31.6 Å². The first-order valence-electron chi connectivity index (χ1n) is 9.26. The maximum atomic E-state index is 12.7. The van der Waals surface area contributed by atoms with Crippen molar-refractivity contribution in [3.63, 3.8) is 0 Å². The molecule has 0 heterocycles. The van der Waals surface area contributed by atoms with Gasteiger partial charge in [0.2, 0.25) is 5.91 Å². The third-order valence-electron chi connectivity index (χ3n) is 5.95. The molecule has 3 unspecified atom stereocenters. The Bertz CT molecular complexity index is 590. The number of carbonyl (C=O) groups is 2. The largest absolute Gasteiger partial charge is 0.468 e. The standard InChI is InChI=1S/C20H28N2O3/c1-25-20(24)17(13-6-3-2-4-7-13)12-22-19(23)16-10-14-8-5-9-15(11-16)18(14)21/h2-4,6-7,14-18H,5,8-12,21H2,1H3,(H,22,23). The number of benzene rings is 1. The number of ether oxygens (including phenoxy) is 1. The molecule has 1 aromatic rings. The van der Waals surface area contributed by atoms with E-state index in [0.29, 0.717) is 11.8 Å². The van der Waals surface area contributed by atoms with Crippen LogP contribution in [0.3, 0.4) is 0 Å². The molecule has 2 saturated carbocycles. The number of hydrogen-bond acceptors (Lipinski definition) is 4. The van der Waals surface area contributed by atoms with Gasteiger partial charge in [0.25, 0.3) is 0 Å². The minimum absolute atomic E-state index is 0.0178. The predicted molar refractivity (Wildman–Crippen MR) is 95.7 cm³/mol. The van der Waals surface area contributed by atoms with Crippen LogP contribution in [0.1, 0.15) is 43.6 Å². The Morgan fingerprint density at radius 3 is 2.44 bits per heavy atom. The fourth-order valence-electron chi connectivity index (χ4n) is 4.52. The van der Waals surface area contributed by atoms with Crippen molar-refractivity contribution in [3.05, 3.63) is 35.9 Å². The average molecular weight is 344 g/mol. The van der Waals surface area contributed by atoms with Crippen molar-refractivity contribution in [1.29, 1.82) is 0 Å². The summed E-state index contributed by atoms with van der Waals surface area (Å²) in [5.41, 5.74) is 7.17. The van der Waals surface area contributed by atoms with E-state index >= 15 is 0 Å². The van der Waals surface area contributed by atoms with Crippen LogP contribution < -0.4 is 11.1 Å². The Morgan fingerprint density at radius 2 is 1.84 bits per heavy atom. The normalized spacial score (nSPS) is 29.5. The summed E-state index contributed by atoms with van der Waals surface area (Å²) in [5, 5.41) is 2.99. The average Bonchev–Trinajstić information content (AvgIpc) is 2.62. The molecule has 3 rings (SSSR count). The second kappa shape index (κ2) is 8.00. The number of fused-ring (bicyclic) bond motifs is 2. The topological polar surface area (TPSA) is 81.4 Å². The van der Waals surface area contributed by atoms with Crippen LogP contribution in [-0.2, 0) is 14.3 Å². The zero-order valence-electron chi connectivity index (χ0n) is 14.8. The van der Waals surface area contributed by atoms with Crippen LogP contribution >= 0.6 is 0 Å². The van der Waals surface area contributed by atoms with Crippen molar-refractivity contribution in [2.75, 3.05) is 13.7 Å². The number of rotatable bonds is 5. The Hall–Kier alpha value is -1.88. The van der Waals surface area contributed by atoms with E-state index in [2.05, 4.69) is 5.32 Å². The summed E-state index contributed by atoms with van der Waals surface area (Å²) in [6, 6.07) is 9.70. The first-order chi connectivity index (χ1) is 12.1. The fourth-order valence-corrected chi connectivity index (χ4v) is 4.52. The van der Waals surface area contributed by atoms with Gasteiger partial charge in [0.1, 0.15) is 0 Å². The Labute approximate surface area is 149 Å². The summed E-state index contributed by atoms with van der Waals surface area (Å²) < 4.78 is 4.91. The molecule has 25 heavy (non-hydrogen) atoms. The van der Waals surface area contributed by atoms with E-state index in [4.69, 9.17) is 10.5 Å². The number of hydrogen-bond donors (Lipinski definition) is 2. The molecular formula is C20H28N2O3. The summed E-state index contributed by atoms with van der Waals surface area (Å²) in [4.78, 5) is 24.8. The lowest BCUT2D eigenvalue weighted by Crippen LogP contribution is -2.49. The maximum absolute atomic E-state index is 12.7. The van der Waals surface area contributed by atoms with Crippen LogP contribution in [0, 0.1) is 17.8 Å². The molecule has 2 bridgehead atoms. The van der Waals surface area contributed by atoms with Crippen molar-refractivity contribution in [3.8, 4) is 0 Å². The van der Waals surface area contributed by atoms with Crippen molar-refractivity contribution in [2.24, 2.45) is 23.5 Å². The molecule has 0 aromatic heterocycles. The number of nitrogens with one attached hydrogen (secondary N) is 1. The predicted octanol–water partition coefficient (Wildman–Crippen LogP) is 2.21. The molecule has 5 heteroatoms. The monoisotopic (exact) mass is 344 g/mol. The number of carbonyl (C=O) groups excluding carboxylic acids is 2. The van der Waals surface area contributed by atoms with Gasteiger partial charge in [-0.15, -0.1) is 0 Å². The van der Waals surface area contributed by atoms with Crippen LogP contribution in [0.2, 0.25) is 0 Å². The van der Waals surface area contributed by atoms with Gasteiger partial charge >= 0.3 is 5.97 Å².